The van der Waals surface area contributed by atoms with Crippen molar-refractivity contribution in [1.29, 1.82) is 0 Å². The van der Waals surface area contributed by atoms with Crippen LogP contribution in [0, 0.1) is 11.7 Å². The molecule has 1 aliphatic rings. The van der Waals surface area contributed by atoms with Crippen molar-refractivity contribution in [2.75, 3.05) is 13.2 Å². The van der Waals surface area contributed by atoms with Crippen LogP contribution in [0.15, 0.2) is 41.5 Å². The quantitative estimate of drug-likeness (QED) is 0.934. The van der Waals surface area contributed by atoms with Crippen molar-refractivity contribution < 1.29 is 15.3 Å². The van der Waals surface area contributed by atoms with E-state index in [2.05, 4.69) is 0 Å². The van der Waals surface area contributed by atoms with E-state index < -0.39 is 11.3 Å². The van der Waals surface area contributed by atoms with Gasteiger partial charge in [-0.3, -0.25) is 9.59 Å². The smallest absolute Gasteiger partial charge is 0.254 e. The maximum Gasteiger partial charge on any atom is 0.254 e. The number of amides is 1. The summed E-state index contributed by atoms with van der Waals surface area (Å²) < 4.78 is 20.3. The normalized spacial score (nSPS) is 15.4. The van der Waals surface area contributed by atoms with Crippen molar-refractivity contribution in [2.45, 2.75) is 19.4 Å². The maximum absolute atomic E-state index is 13.1. The van der Waals surface area contributed by atoms with Crippen molar-refractivity contribution in [1.82, 2.24) is 4.57 Å². The number of ether oxygens (including phenoxy) is 1. The Hall–Kier alpha value is -2.47. The lowest BCUT2D eigenvalue weighted by Crippen LogP contribution is -2.27. The van der Waals surface area contributed by atoms with Gasteiger partial charge in [-0.1, -0.05) is 12.1 Å². The Bertz CT molecular complexity index is 799. The number of hydrogen-bond acceptors (Lipinski definition) is 3. The second-order valence-corrected chi connectivity index (χ2v) is 6.04. The Balaban J connectivity index is 0.00000225. The molecule has 2 aromatic rings. The molecule has 3 rings (SSSR count). The molecule has 0 spiro atoms. The first-order valence-electron chi connectivity index (χ1n) is 7.92. The molecule has 1 aromatic carbocycles. The van der Waals surface area contributed by atoms with Crippen LogP contribution in [0.4, 0.5) is 4.39 Å². The predicted molar refractivity (Wildman–Crippen MR) is 90.3 cm³/mol. The lowest BCUT2D eigenvalue weighted by Gasteiger charge is -2.23. The summed E-state index contributed by atoms with van der Waals surface area (Å²) >= 11 is 0. The molecule has 2 heterocycles. The summed E-state index contributed by atoms with van der Waals surface area (Å²) in [6, 6.07) is 5.62. The van der Waals surface area contributed by atoms with Crippen molar-refractivity contribution in [3.8, 4) is 11.1 Å². The fourth-order valence-corrected chi connectivity index (χ4v) is 2.97. The van der Waals surface area contributed by atoms with Crippen molar-refractivity contribution >= 4 is 5.91 Å². The molecule has 1 amide bonds. The Morgan fingerprint density at radius 2 is 1.92 bits per heavy atom. The fourth-order valence-electron chi connectivity index (χ4n) is 2.97. The third-order valence-corrected chi connectivity index (χ3v) is 4.31. The van der Waals surface area contributed by atoms with Gasteiger partial charge in [0.05, 0.1) is 0 Å². The zero-order valence-electron chi connectivity index (χ0n) is 13.2. The van der Waals surface area contributed by atoms with Crippen molar-refractivity contribution in [2.24, 2.45) is 11.7 Å². The van der Waals surface area contributed by atoms with Crippen LogP contribution < -0.4 is 11.2 Å². The number of rotatable bonds is 4. The third-order valence-electron chi connectivity index (χ3n) is 4.31. The summed E-state index contributed by atoms with van der Waals surface area (Å²) in [4.78, 5) is 24.1. The summed E-state index contributed by atoms with van der Waals surface area (Å²) in [5.74, 6) is -0.722. The van der Waals surface area contributed by atoms with E-state index in [9.17, 15) is 14.0 Å². The Kier molecular flexibility index (Phi) is 4.76. The van der Waals surface area contributed by atoms with Gasteiger partial charge in [-0.25, -0.2) is 4.39 Å². The summed E-state index contributed by atoms with van der Waals surface area (Å²) in [5.41, 5.74) is 5.78. The van der Waals surface area contributed by atoms with Gasteiger partial charge in [0, 0.05) is 39.1 Å². The first-order chi connectivity index (χ1) is 11.5. The molecule has 2 N–H and O–H groups in total. The van der Waals surface area contributed by atoms with E-state index in [0.717, 1.165) is 26.1 Å². The van der Waals surface area contributed by atoms with Crippen molar-refractivity contribution in [3.63, 3.8) is 0 Å². The SMILES string of the molecule is NC(=O)c1cn(CC2CCOCC2)cc(-c2ccc(F)cc2)c1=O.[HH]. The number of pyridine rings is 1. The summed E-state index contributed by atoms with van der Waals surface area (Å²) in [5, 5.41) is 0. The highest BCUT2D eigenvalue weighted by atomic mass is 19.1. The lowest BCUT2D eigenvalue weighted by atomic mass is 9.99. The molecule has 6 heteroatoms. The van der Waals surface area contributed by atoms with E-state index in [-0.39, 0.29) is 12.8 Å². The molecule has 0 radical (unpaired) electrons. The van der Waals surface area contributed by atoms with Crippen molar-refractivity contribution in [3.05, 3.63) is 58.3 Å². The number of benzene rings is 1. The van der Waals surface area contributed by atoms with Crippen LogP contribution in [0.1, 0.15) is 24.6 Å². The van der Waals surface area contributed by atoms with E-state index in [1.165, 1.54) is 30.5 Å². The third kappa shape index (κ3) is 3.54. The fraction of sp³-hybridized carbons (Fsp3) is 0.333. The Morgan fingerprint density at radius 3 is 2.54 bits per heavy atom. The minimum absolute atomic E-state index is 0. The zero-order chi connectivity index (χ0) is 17.1. The molecule has 0 saturated carbocycles. The van der Waals surface area contributed by atoms with Crippen LogP contribution in [0.25, 0.3) is 11.1 Å². The zero-order valence-corrected chi connectivity index (χ0v) is 13.2. The van der Waals surface area contributed by atoms with Gasteiger partial charge in [0.15, 0.2) is 0 Å². The lowest BCUT2D eigenvalue weighted by molar-refractivity contribution is 0.0612. The minimum Gasteiger partial charge on any atom is -0.381 e. The number of carbonyl (C=O) groups is 1. The molecule has 1 saturated heterocycles. The summed E-state index contributed by atoms with van der Waals surface area (Å²) in [7, 11) is 0. The molecule has 0 aliphatic carbocycles. The molecule has 1 aliphatic heterocycles. The Morgan fingerprint density at radius 1 is 1.25 bits per heavy atom. The minimum atomic E-state index is -0.760. The van der Waals surface area contributed by atoms with Crippen LogP contribution in [-0.2, 0) is 11.3 Å². The maximum atomic E-state index is 13.1. The summed E-state index contributed by atoms with van der Waals surface area (Å²) in [6.07, 6.45) is 5.08. The highest BCUT2D eigenvalue weighted by molar-refractivity contribution is 5.93. The van der Waals surface area contributed by atoms with E-state index >= 15 is 0 Å². The first kappa shape index (κ1) is 16.4. The van der Waals surface area contributed by atoms with Gasteiger partial charge in [-0.2, -0.15) is 0 Å². The number of halogens is 1. The molecule has 24 heavy (non-hydrogen) atoms. The second kappa shape index (κ2) is 6.97. The van der Waals surface area contributed by atoms with Crippen LogP contribution in [0.2, 0.25) is 0 Å². The van der Waals surface area contributed by atoms with Gasteiger partial charge in [0.25, 0.3) is 5.91 Å². The van der Waals surface area contributed by atoms with Gasteiger partial charge >= 0.3 is 0 Å². The van der Waals surface area contributed by atoms with Crippen LogP contribution >= 0.6 is 0 Å². The van der Waals surface area contributed by atoms with Crippen LogP contribution in [0.3, 0.4) is 0 Å². The molecule has 5 nitrogen and oxygen atoms in total. The molecule has 1 fully saturated rings. The predicted octanol–water partition coefficient (Wildman–Crippen LogP) is 2.43. The number of primary amides is 1. The second-order valence-electron chi connectivity index (χ2n) is 6.04. The largest absolute Gasteiger partial charge is 0.381 e. The highest BCUT2D eigenvalue weighted by Crippen LogP contribution is 2.20. The van der Waals surface area contributed by atoms with E-state index in [4.69, 9.17) is 10.5 Å². The highest BCUT2D eigenvalue weighted by Gasteiger charge is 2.18. The monoisotopic (exact) mass is 332 g/mol. The Labute approximate surface area is 140 Å². The molecule has 1 aromatic heterocycles. The van der Waals surface area contributed by atoms with Crippen LogP contribution in [-0.4, -0.2) is 23.7 Å². The number of hydrogen-bond donors (Lipinski definition) is 1. The average Bonchev–Trinajstić information content (AvgIpc) is 2.58. The van der Waals surface area contributed by atoms with Gasteiger partial charge in [0.1, 0.15) is 11.4 Å². The number of aromatic nitrogens is 1. The molecule has 0 unspecified atom stereocenters. The first-order valence-corrected chi connectivity index (χ1v) is 7.92. The average molecular weight is 332 g/mol. The standard InChI is InChI=1S/C18H19FN2O3.H2/c19-14-3-1-13(2-4-14)15-10-21(9-12-5-7-24-8-6-12)11-16(17(15)22)18(20)23;/h1-4,10-12H,5-9H2,(H2,20,23);1H. The molecule has 128 valence electrons. The topological polar surface area (TPSA) is 74.3 Å². The molecule has 0 atom stereocenters. The van der Waals surface area contributed by atoms with Gasteiger partial charge in [0.2, 0.25) is 5.43 Å². The number of nitrogens with two attached hydrogens (primary N) is 1. The molecular formula is C18H21FN2O3. The molecular weight excluding hydrogens is 311 g/mol. The van der Waals surface area contributed by atoms with Crippen LogP contribution in [0.5, 0.6) is 0 Å². The van der Waals surface area contributed by atoms with Gasteiger partial charge < -0.3 is 15.0 Å². The number of nitrogens with zero attached hydrogens (tertiary/aromatic N) is 1. The summed E-state index contributed by atoms with van der Waals surface area (Å²) in [6.45, 7) is 2.12. The van der Waals surface area contributed by atoms with Gasteiger partial charge in [-0.15, -0.1) is 0 Å². The van der Waals surface area contributed by atoms with E-state index in [1.54, 1.807) is 6.20 Å². The molecule has 0 bridgehead atoms. The number of carbonyl (C=O) groups excluding carboxylic acids is 1. The van der Waals surface area contributed by atoms with Gasteiger partial charge in [-0.05, 0) is 36.5 Å². The van der Waals surface area contributed by atoms with E-state index in [1.807, 2.05) is 4.57 Å². The van der Waals surface area contributed by atoms with E-state index in [0.29, 0.717) is 23.6 Å².